The fraction of sp³-hybridized carbons (Fsp3) is 0. The van der Waals surface area contributed by atoms with Crippen LogP contribution in [0.25, 0.3) is 6.08 Å². The summed E-state index contributed by atoms with van der Waals surface area (Å²) >= 11 is 0. The number of para-hydroxylation sites is 1. The van der Waals surface area contributed by atoms with Gasteiger partial charge in [-0.1, -0.05) is 24.3 Å². The minimum absolute atomic E-state index is 0.0834. The number of rotatable bonds is 6. The molecule has 0 bridgehead atoms. The molecule has 0 aliphatic heterocycles. The number of nitrogens with one attached hydrogen (secondary N) is 1. The van der Waals surface area contributed by atoms with Gasteiger partial charge in [0.2, 0.25) is 0 Å². The fourth-order valence-corrected chi connectivity index (χ4v) is 2.31. The molecular weight excluding hydrogens is 326 g/mol. The van der Waals surface area contributed by atoms with Gasteiger partial charge in [-0.2, -0.15) is 0 Å². The van der Waals surface area contributed by atoms with Crippen molar-refractivity contribution in [2.24, 2.45) is 4.99 Å². The number of benzene rings is 3. The number of hydrogen-bond acceptors (Lipinski definition) is 4. The van der Waals surface area contributed by atoms with Gasteiger partial charge in [-0.15, -0.1) is 0 Å². The van der Waals surface area contributed by atoms with E-state index in [0.29, 0.717) is 0 Å². The molecule has 3 aromatic carbocycles. The summed E-state index contributed by atoms with van der Waals surface area (Å²) in [4.78, 5) is 14.6. The molecule has 3 rings (SSSR count). The highest BCUT2D eigenvalue weighted by Gasteiger charge is 2.01. The molecule has 3 aromatic rings. The summed E-state index contributed by atoms with van der Waals surface area (Å²) in [5, 5.41) is 13.9. The summed E-state index contributed by atoms with van der Waals surface area (Å²) in [5.74, 6) is 0. The molecule has 0 aliphatic rings. The standard InChI is InChI=1S/C21H17N3O2/c25-24(26)21-14-8-17(9-15-21)5-4-16-22-18-10-12-20(13-11-18)23-19-6-2-1-3-7-19/h1-16,23H/b5-4+,22-16?. The Morgan fingerprint density at radius 1 is 0.846 bits per heavy atom. The normalized spacial score (nSPS) is 11.1. The number of allylic oxidation sites excluding steroid dienone is 1. The maximum absolute atomic E-state index is 10.6. The van der Waals surface area contributed by atoms with E-state index in [9.17, 15) is 10.1 Å². The van der Waals surface area contributed by atoms with Crippen LogP contribution in [0.15, 0.2) is 89.9 Å². The molecule has 5 nitrogen and oxygen atoms in total. The van der Waals surface area contributed by atoms with E-state index in [2.05, 4.69) is 10.3 Å². The van der Waals surface area contributed by atoms with Crippen LogP contribution in [0.4, 0.5) is 22.7 Å². The van der Waals surface area contributed by atoms with Gasteiger partial charge in [0, 0.05) is 29.7 Å². The van der Waals surface area contributed by atoms with Crippen molar-refractivity contribution < 1.29 is 4.92 Å². The molecule has 0 saturated carbocycles. The lowest BCUT2D eigenvalue weighted by atomic mass is 10.2. The zero-order valence-electron chi connectivity index (χ0n) is 13.9. The average molecular weight is 343 g/mol. The molecule has 0 fully saturated rings. The molecule has 5 heteroatoms. The van der Waals surface area contributed by atoms with Crippen molar-refractivity contribution >= 4 is 35.0 Å². The number of nitro groups is 1. The van der Waals surface area contributed by atoms with Crippen molar-refractivity contribution in [1.82, 2.24) is 0 Å². The van der Waals surface area contributed by atoms with Crippen LogP contribution in [-0.2, 0) is 0 Å². The van der Waals surface area contributed by atoms with Gasteiger partial charge in [0.25, 0.3) is 5.69 Å². The summed E-state index contributed by atoms with van der Waals surface area (Å²) in [5.41, 5.74) is 3.84. The SMILES string of the molecule is O=[N+]([O-])c1ccc(/C=C/C=Nc2ccc(Nc3ccccc3)cc2)cc1. The number of non-ortho nitro benzene ring substituents is 1. The van der Waals surface area contributed by atoms with Crippen molar-refractivity contribution in [1.29, 1.82) is 0 Å². The predicted octanol–water partition coefficient (Wildman–Crippen LogP) is 5.75. The summed E-state index contributed by atoms with van der Waals surface area (Å²) in [6, 6.07) is 24.1. The second-order valence-electron chi connectivity index (χ2n) is 5.52. The maximum atomic E-state index is 10.6. The van der Waals surface area contributed by atoms with Crippen LogP contribution >= 0.6 is 0 Å². The Bertz CT molecular complexity index is 916. The molecule has 0 heterocycles. The number of aliphatic imine (C=N–C) groups is 1. The van der Waals surface area contributed by atoms with Crippen LogP contribution in [-0.4, -0.2) is 11.1 Å². The fourth-order valence-electron chi connectivity index (χ4n) is 2.31. The topological polar surface area (TPSA) is 67.5 Å². The molecule has 0 aromatic heterocycles. The molecule has 0 spiro atoms. The first kappa shape index (κ1) is 17.1. The van der Waals surface area contributed by atoms with E-state index < -0.39 is 4.92 Å². The Balaban J connectivity index is 1.57. The third kappa shape index (κ3) is 4.88. The number of nitrogens with zero attached hydrogens (tertiary/aromatic N) is 2. The molecule has 0 radical (unpaired) electrons. The average Bonchev–Trinajstić information content (AvgIpc) is 2.68. The first-order valence-electron chi connectivity index (χ1n) is 8.08. The van der Waals surface area contributed by atoms with Gasteiger partial charge in [0.1, 0.15) is 0 Å². The van der Waals surface area contributed by atoms with Gasteiger partial charge in [-0.3, -0.25) is 15.1 Å². The van der Waals surface area contributed by atoms with Crippen molar-refractivity contribution in [3.8, 4) is 0 Å². The highest BCUT2D eigenvalue weighted by Crippen LogP contribution is 2.20. The number of hydrogen-bond donors (Lipinski definition) is 1. The quantitative estimate of drug-likeness (QED) is 0.352. The summed E-state index contributed by atoms with van der Waals surface area (Å²) in [6.07, 6.45) is 5.34. The third-order valence-electron chi connectivity index (χ3n) is 3.63. The zero-order chi connectivity index (χ0) is 18.2. The van der Waals surface area contributed by atoms with Gasteiger partial charge in [0.05, 0.1) is 10.6 Å². The molecule has 128 valence electrons. The first-order chi connectivity index (χ1) is 12.7. The Labute approximate surface area is 151 Å². The Kier molecular flexibility index (Phi) is 5.52. The van der Waals surface area contributed by atoms with Gasteiger partial charge >= 0.3 is 0 Å². The molecule has 0 aliphatic carbocycles. The molecule has 0 unspecified atom stereocenters. The Morgan fingerprint density at radius 3 is 2.15 bits per heavy atom. The van der Waals surface area contributed by atoms with Crippen molar-refractivity contribution in [3.05, 3.63) is 101 Å². The van der Waals surface area contributed by atoms with Crippen molar-refractivity contribution in [3.63, 3.8) is 0 Å². The molecule has 0 atom stereocenters. The van der Waals surface area contributed by atoms with E-state index >= 15 is 0 Å². The van der Waals surface area contributed by atoms with Gasteiger partial charge in [-0.25, -0.2) is 0 Å². The Hall–Kier alpha value is -3.73. The van der Waals surface area contributed by atoms with E-state index in [1.54, 1.807) is 24.4 Å². The van der Waals surface area contributed by atoms with E-state index in [-0.39, 0.29) is 5.69 Å². The highest BCUT2D eigenvalue weighted by molar-refractivity contribution is 5.80. The molecule has 26 heavy (non-hydrogen) atoms. The predicted molar refractivity (Wildman–Crippen MR) is 106 cm³/mol. The zero-order valence-corrected chi connectivity index (χ0v) is 13.9. The lowest BCUT2D eigenvalue weighted by Gasteiger charge is -2.05. The maximum Gasteiger partial charge on any atom is 0.269 e. The number of anilines is 2. The van der Waals surface area contributed by atoms with Crippen LogP contribution < -0.4 is 5.32 Å². The third-order valence-corrected chi connectivity index (χ3v) is 3.63. The number of nitro benzene ring substituents is 1. The van der Waals surface area contributed by atoms with Crippen LogP contribution in [0.3, 0.4) is 0 Å². The van der Waals surface area contributed by atoms with E-state index in [1.807, 2.05) is 60.7 Å². The monoisotopic (exact) mass is 343 g/mol. The smallest absolute Gasteiger partial charge is 0.269 e. The highest BCUT2D eigenvalue weighted by atomic mass is 16.6. The second kappa shape index (κ2) is 8.39. The molecule has 0 saturated heterocycles. The van der Waals surface area contributed by atoms with Crippen molar-refractivity contribution in [2.45, 2.75) is 0 Å². The van der Waals surface area contributed by atoms with Crippen molar-refractivity contribution in [2.75, 3.05) is 5.32 Å². The molecule has 0 amide bonds. The van der Waals surface area contributed by atoms with E-state index in [0.717, 1.165) is 22.6 Å². The summed E-state index contributed by atoms with van der Waals surface area (Å²) in [7, 11) is 0. The molecule has 1 N–H and O–H groups in total. The molecular formula is C21H17N3O2. The lowest BCUT2D eigenvalue weighted by molar-refractivity contribution is -0.384. The lowest BCUT2D eigenvalue weighted by Crippen LogP contribution is -1.88. The largest absolute Gasteiger partial charge is 0.356 e. The van der Waals surface area contributed by atoms with E-state index in [4.69, 9.17) is 0 Å². The minimum atomic E-state index is -0.411. The first-order valence-corrected chi connectivity index (χ1v) is 8.08. The minimum Gasteiger partial charge on any atom is -0.356 e. The van der Waals surface area contributed by atoms with Crippen LogP contribution in [0, 0.1) is 10.1 Å². The van der Waals surface area contributed by atoms with Gasteiger partial charge in [0.15, 0.2) is 0 Å². The van der Waals surface area contributed by atoms with Gasteiger partial charge in [-0.05, 0) is 60.2 Å². The van der Waals surface area contributed by atoms with E-state index in [1.165, 1.54) is 12.1 Å². The Morgan fingerprint density at radius 2 is 1.50 bits per heavy atom. The van der Waals surface area contributed by atoms with Crippen LogP contribution in [0.1, 0.15) is 5.56 Å². The summed E-state index contributed by atoms with van der Waals surface area (Å²) in [6.45, 7) is 0. The second-order valence-corrected chi connectivity index (χ2v) is 5.52. The summed E-state index contributed by atoms with van der Waals surface area (Å²) < 4.78 is 0. The van der Waals surface area contributed by atoms with Gasteiger partial charge < -0.3 is 5.32 Å². The van der Waals surface area contributed by atoms with Crippen LogP contribution in [0.2, 0.25) is 0 Å². The van der Waals surface area contributed by atoms with Crippen LogP contribution in [0.5, 0.6) is 0 Å².